The van der Waals surface area contributed by atoms with Gasteiger partial charge in [0.25, 0.3) is 15.9 Å². The Labute approximate surface area is 191 Å². The molecule has 2 heterocycles. The molecule has 3 rings (SSSR count). The smallest absolute Gasteiger partial charge is 0.274 e. The van der Waals surface area contributed by atoms with E-state index in [9.17, 15) is 17.6 Å². The Kier molecular flexibility index (Phi) is 7.82. The lowest BCUT2D eigenvalue weighted by Gasteiger charge is -2.28. The van der Waals surface area contributed by atoms with E-state index < -0.39 is 27.2 Å². The number of amides is 1. The lowest BCUT2D eigenvalue weighted by atomic mass is 10.1. The molecule has 0 bridgehead atoms. The highest BCUT2D eigenvalue weighted by Gasteiger charge is 2.35. The van der Waals surface area contributed by atoms with Crippen LogP contribution in [0.5, 0.6) is 5.75 Å². The summed E-state index contributed by atoms with van der Waals surface area (Å²) in [4.78, 5) is 20.3. The molecular formula is C21H26FN5O5S. The van der Waals surface area contributed by atoms with Crippen molar-refractivity contribution in [3.05, 3.63) is 53.6 Å². The molecular weight excluding hydrogens is 453 g/mol. The summed E-state index contributed by atoms with van der Waals surface area (Å²) in [5.41, 5.74) is 5.52. The number of pyridine rings is 1. The third kappa shape index (κ3) is 5.96. The summed E-state index contributed by atoms with van der Waals surface area (Å²) in [6.07, 6.45) is 2.90. The zero-order valence-corrected chi connectivity index (χ0v) is 19.1. The molecule has 10 nitrogen and oxygen atoms in total. The van der Waals surface area contributed by atoms with Gasteiger partial charge in [-0.2, -0.15) is 0 Å². The van der Waals surface area contributed by atoms with Crippen LogP contribution in [0, 0.1) is 5.82 Å². The van der Waals surface area contributed by atoms with E-state index in [1.165, 1.54) is 38.6 Å². The van der Waals surface area contributed by atoms with Crippen molar-refractivity contribution >= 4 is 27.6 Å². The molecule has 1 aliphatic heterocycles. The van der Waals surface area contributed by atoms with Gasteiger partial charge < -0.3 is 20.5 Å². The number of halogens is 1. The Hall–Kier alpha value is -3.25. The standard InChI is InChI=1S/C21H26FN5O5S/c1-27-21(23)25-13-19(33(27,29)30)32-10-4-3-5-14-11-15(6-8-17(14)22)26-20(28)18-9-7-16(31-2)12-24-18/h6-9,11-12,19H,3-5,10,13H2,1-2H3,(H2,23,25)(H,26,28). The largest absolute Gasteiger partial charge is 0.495 e. The molecule has 0 aliphatic carbocycles. The Bertz CT molecular complexity index is 1120. The zero-order valence-electron chi connectivity index (χ0n) is 18.3. The second kappa shape index (κ2) is 10.6. The number of aryl methyl sites for hydroxylation is 1. The van der Waals surface area contributed by atoms with Crippen LogP contribution in [0.2, 0.25) is 0 Å². The summed E-state index contributed by atoms with van der Waals surface area (Å²) in [7, 11) is -0.872. The van der Waals surface area contributed by atoms with Crippen molar-refractivity contribution in [3.8, 4) is 5.75 Å². The highest BCUT2D eigenvalue weighted by atomic mass is 32.2. The van der Waals surface area contributed by atoms with E-state index in [-0.39, 0.29) is 24.8 Å². The first-order valence-corrected chi connectivity index (χ1v) is 11.7. The van der Waals surface area contributed by atoms with E-state index in [1.54, 1.807) is 12.1 Å². The van der Waals surface area contributed by atoms with Crippen LogP contribution in [-0.2, 0) is 21.2 Å². The average Bonchev–Trinajstić information content (AvgIpc) is 2.80. The zero-order chi connectivity index (χ0) is 24.0. The van der Waals surface area contributed by atoms with Gasteiger partial charge in [-0.15, -0.1) is 0 Å². The van der Waals surface area contributed by atoms with Gasteiger partial charge >= 0.3 is 0 Å². The number of carbonyl (C=O) groups excluding carboxylic acids is 1. The first-order chi connectivity index (χ1) is 15.7. The topological polar surface area (TPSA) is 136 Å². The molecule has 1 atom stereocenters. The van der Waals surface area contributed by atoms with Crippen molar-refractivity contribution in [2.45, 2.75) is 24.7 Å². The van der Waals surface area contributed by atoms with Crippen molar-refractivity contribution in [1.82, 2.24) is 9.29 Å². The van der Waals surface area contributed by atoms with E-state index in [0.717, 1.165) is 4.31 Å². The number of aromatic nitrogens is 1. The Balaban J connectivity index is 1.50. The first kappa shape index (κ1) is 24.4. The van der Waals surface area contributed by atoms with Gasteiger partial charge in [-0.1, -0.05) is 0 Å². The SMILES string of the molecule is COc1ccc(C(=O)Nc2ccc(F)c(CCCCOC3CN=C(N)N(C)S3(=O)=O)c2)nc1. The van der Waals surface area contributed by atoms with Gasteiger partial charge in [-0.3, -0.25) is 4.79 Å². The van der Waals surface area contributed by atoms with Gasteiger partial charge in [0, 0.05) is 19.3 Å². The van der Waals surface area contributed by atoms with Gasteiger partial charge in [0.05, 0.1) is 19.9 Å². The molecule has 0 spiro atoms. The van der Waals surface area contributed by atoms with Crippen LogP contribution in [0.25, 0.3) is 0 Å². The number of unbranched alkanes of at least 4 members (excludes halogenated alkanes) is 1. The highest BCUT2D eigenvalue weighted by Crippen LogP contribution is 2.19. The maximum absolute atomic E-state index is 14.2. The van der Waals surface area contributed by atoms with Crippen molar-refractivity contribution < 1.29 is 27.1 Å². The minimum absolute atomic E-state index is 0.0576. The highest BCUT2D eigenvalue weighted by molar-refractivity contribution is 7.90. The van der Waals surface area contributed by atoms with Gasteiger partial charge in [0.1, 0.15) is 17.3 Å². The molecule has 1 aromatic carbocycles. The monoisotopic (exact) mass is 479 g/mol. The average molecular weight is 480 g/mol. The number of nitrogens with zero attached hydrogens (tertiary/aromatic N) is 3. The van der Waals surface area contributed by atoms with Gasteiger partial charge in [-0.25, -0.2) is 27.1 Å². The number of carbonyl (C=O) groups is 1. The molecule has 0 saturated carbocycles. The number of anilines is 1. The molecule has 0 radical (unpaired) electrons. The molecule has 178 valence electrons. The van der Waals surface area contributed by atoms with Crippen molar-refractivity contribution in [3.63, 3.8) is 0 Å². The fraction of sp³-hybridized carbons (Fsp3) is 0.381. The molecule has 3 N–H and O–H groups in total. The van der Waals surface area contributed by atoms with Gasteiger partial charge in [-0.05, 0) is 55.2 Å². The van der Waals surface area contributed by atoms with Gasteiger partial charge in [0.15, 0.2) is 5.44 Å². The number of sulfonamides is 1. The molecule has 33 heavy (non-hydrogen) atoms. The minimum atomic E-state index is -3.70. The Morgan fingerprint density at radius 2 is 2.09 bits per heavy atom. The number of nitrogens with one attached hydrogen (secondary N) is 1. The minimum Gasteiger partial charge on any atom is -0.495 e. The number of hydrogen-bond donors (Lipinski definition) is 2. The third-order valence-electron chi connectivity index (χ3n) is 5.09. The molecule has 2 aromatic rings. The number of aliphatic imine (C=N–C) groups is 1. The summed E-state index contributed by atoms with van der Waals surface area (Å²) in [5, 5.41) is 2.70. The van der Waals surface area contributed by atoms with Crippen LogP contribution in [0.3, 0.4) is 0 Å². The van der Waals surface area contributed by atoms with Gasteiger partial charge in [0.2, 0.25) is 5.96 Å². The summed E-state index contributed by atoms with van der Waals surface area (Å²) < 4.78 is 50.1. The van der Waals surface area contributed by atoms with Crippen LogP contribution < -0.4 is 15.8 Å². The lowest BCUT2D eigenvalue weighted by Crippen LogP contribution is -2.49. The fourth-order valence-corrected chi connectivity index (χ4v) is 4.32. The van der Waals surface area contributed by atoms with E-state index in [1.807, 2.05) is 0 Å². The van der Waals surface area contributed by atoms with Crippen LogP contribution in [0.15, 0.2) is 41.5 Å². The molecule has 0 saturated heterocycles. The fourth-order valence-electron chi connectivity index (χ4n) is 3.11. The van der Waals surface area contributed by atoms with Crippen LogP contribution >= 0.6 is 0 Å². The van der Waals surface area contributed by atoms with Crippen molar-refractivity contribution in [2.24, 2.45) is 10.7 Å². The number of guanidine groups is 1. The summed E-state index contributed by atoms with van der Waals surface area (Å²) in [5.74, 6) is -0.354. The van der Waals surface area contributed by atoms with Crippen LogP contribution in [0.4, 0.5) is 10.1 Å². The molecule has 12 heteroatoms. The van der Waals surface area contributed by atoms with Crippen molar-refractivity contribution in [2.75, 3.05) is 32.6 Å². The summed E-state index contributed by atoms with van der Waals surface area (Å²) in [6, 6.07) is 7.48. The summed E-state index contributed by atoms with van der Waals surface area (Å²) >= 11 is 0. The van der Waals surface area contributed by atoms with E-state index >= 15 is 0 Å². The van der Waals surface area contributed by atoms with Crippen LogP contribution in [0.1, 0.15) is 28.9 Å². The maximum atomic E-state index is 14.2. The van der Waals surface area contributed by atoms with E-state index in [4.69, 9.17) is 15.2 Å². The summed E-state index contributed by atoms with van der Waals surface area (Å²) in [6.45, 7) is 0.117. The first-order valence-electron chi connectivity index (χ1n) is 10.2. The number of benzene rings is 1. The molecule has 0 fully saturated rings. The van der Waals surface area contributed by atoms with Crippen molar-refractivity contribution in [1.29, 1.82) is 0 Å². The number of ether oxygens (including phenoxy) is 2. The molecule has 1 unspecified atom stereocenters. The number of rotatable bonds is 9. The number of methoxy groups -OCH3 is 1. The lowest BCUT2D eigenvalue weighted by molar-refractivity contribution is 0.102. The number of nitrogens with two attached hydrogens (primary N) is 1. The molecule has 1 aliphatic rings. The Morgan fingerprint density at radius 3 is 2.79 bits per heavy atom. The van der Waals surface area contributed by atoms with E-state index in [0.29, 0.717) is 36.3 Å². The second-order valence-electron chi connectivity index (χ2n) is 7.31. The van der Waals surface area contributed by atoms with Crippen LogP contribution in [-0.4, -0.2) is 62.3 Å². The van der Waals surface area contributed by atoms with E-state index in [2.05, 4.69) is 15.3 Å². The Morgan fingerprint density at radius 1 is 1.30 bits per heavy atom. The molecule has 1 aromatic heterocycles. The predicted octanol–water partition coefficient (Wildman–Crippen LogP) is 1.74. The number of hydrogen-bond acceptors (Lipinski definition) is 8. The second-order valence-corrected chi connectivity index (χ2v) is 9.42. The predicted molar refractivity (Wildman–Crippen MR) is 121 cm³/mol. The maximum Gasteiger partial charge on any atom is 0.274 e. The quantitative estimate of drug-likeness (QED) is 0.523. The normalized spacial score (nSPS) is 17.4. The third-order valence-corrected chi connectivity index (χ3v) is 6.99. The molecule has 1 amide bonds.